The van der Waals surface area contributed by atoms with Crippen LogP contribution in [0.1, 0.15) is 54.2 Å². The number of aromatic nitrogens is 2. The van der Waals surface area contributed by atoms with Gasteiger partial charge in [0.2, 0.25) is 0 Å². The Labute approximate surface area is 257 Å². The Bertz CT molecular complexity index is 1660. The van der Waals surface area contributed by atoms with E-state index in [-0.39, 0.29) is 11.7 Å². The molecule has 0 aliphatic carbocycles. The van der Waals surface area contributed by atoms with Gasteiger partial charge >= 0.3 is 0 Å². The number of hydrogen-bond donors (Lipinski definition) is 2. The van der Waals surface area contributed by atoms with Crippen LogP contribution in [0, 0.1) is 6.92 Å². The van der Waals surface area contributed by atoms with Gasteiger partial charge < -0.3 is 29.5 Å². The topological polar surface area (TPSA) is 82.9 Å². The lowest BCUT2D eigenvalue weighted by molar-refractivity contribution is 0.0644. The number of likely N-dealkylation sites (tertiary alicyclic amines) is 2. The fourth-order valence-electron chi connectivity index (χ4n) is 6.29. The molecule has 2 fully saturated rings. The average Bonchev–Trinajstić information content (AvgIpc) is 3.58. The number of benzene rings is 1. The van der Waals surface area contributed by atoms with Crippen LogP contribution in [-0.4, -0.2) is 69.2 Å². The largest absolute Gasteiger partial charge is 0.507 e. The molecule has 8 nitrogen and oxygen atoms in total. The highest BCUT2D eigenvalue weighted by Crippen LogP contribution is 2.36. The maximum atomic E-state index is 13.5. The van der Waals surface area contributed by atoms with Crippen molar-refractivity contribution < 1.29 is 14.6 Å². The van der Waals surface area contributed by atoms with Gasteiger partial charge in [-0.05, 0) is 88.5 Å². The highest BCUT2D eigenvalue weighted by molar-refractivity contribution is 8.02. The highest BCUT2D eigenvalue weighted by atomic mass is 32.2. The summed E-state index contributed by atoms with van der Waals surface area (Å²) in [6.45, 7) is 8.36. The van der Waals surface area contributed by atoms with Crippen molar-refractivity contribution in [1.29, 1.82) is 0 Å². The van der Waals surface area contributed by atoms with E-state index in [2.05, 4.69) is 15.9 Å². The maximum absolute atomic E-state index is 13.5. The number of carbonyl (C=O) groups excluding carboxylic acids is 1. The summed E-state index contributed by atoms with van der Waals surface area (Å²) in [4.78, 5) is 23.5. The lowest BCUT2D eigenvalue weighted by atomic mass is 10.0. The molecule has 2 aromatic heterocycles. The van der Waals surface area contributed by atoms with E-state index in [1.54, 1.807) is 6.07 Å². The Morgan fingerprint density at radius 2 is 1.93 bits per heavy atom. The van der Waals surface area contributed by atoms with Gasteiger partial charge in [0.1, 0.15) is 17.3 Å². The summed E-state index contributed by atoms with van der Waals surface area (Å²) >= 11 is 1.45. The normalized spacial score (nSPS) is 16.8. The second-order valence-corrected chi connectivity index (χ2v) is 12.3. The molecule has 0 saturated carbocycles. The molecule has 3 aromatic rings. The number of aromatic hydroxyl groups is 1. The summed E-state index contributed by atoms with van der Waals surface area (Å²) in [6.07, 6.45) is 8.37. The van der Waals surface area contributed by atoms with Gasteiger partial charge in [-0.2, -0.15) is 0 Å². The lowest BCUT2D eigenvalue weighted by Crippen LogP contribution is -2.45. The maximum Gasteiger partial charge on any atom is 0.253 e. The number of hydrogen-bond acceptors (Lipinski definition) is 7. The van der Waals surface area contributed by atoms with Gasteiger partial charge in [0.15, 0.2) is 0 Å². The van der Waals surface area contributed by atoms with Crippen LogP contribution in [0.25, 0.3) is 17.0 Å². The number of thioether (sulfide) groups is 1. The summed E-state index contributed by atoms with van der Waals surface area (Å²) in [5.74, 6) is 1.54. The minimum absolute atomic E-state index is 0.0554. The molecule has 0 unspecified atom stereocenters. The molecule has 0 spiro atoms. The second kappa shape index (κ2) is 12.8. The van der Waals surface area contributed by atoms with Gasteiger partial charge in [-0.3, -0.25) is 4.79 Å². The number of amides is 1. The molecule has 224 valence electrons. The highest BCUT2D eigenvalue weighted by Gasteiger charge is 2.29. The Kier molecular flexibility index (Phi) is 8.66. The summed E-state index contributed by atoms with van der Waals surface area (Å²) in [7, 11) is 1.98. The molecular weight excluding hydrogens is 558 g/mol. The number of nitrogens with zero attached hydrogens (tertiary/aromatic N) is 4. The number of fused-ring (bicyclic) bond motifs is 2. The van der Waals surface area contributed by atoms with Crippen molar-refractivity contribution in [3.8, 4) is 11.5 Å². The number of ether oxygens (including phenoxy) is 1. The van der Waals surface area contributed by atoms with Crippen molar-refractivity contribution in [1.82, 2.24) is 19.4 Å². The smallest absolute Gasteiger partial charge is 0.253 e. The Morgan fingerprint density at radius 3 is 2.70 bits per heavy atom. The second-order valence-electron chi connectivity index (χ2n) is 11.4. The number of aryl methyl sites for hydroxylation is 2. The Balaban J connectivity index is 1.28. The van der Waals surface area contributed by atoms with Crippen LogP contribution in [0.2, 0.25) is 0 Å². The van der Waals surface area contributed by atoms with Crippen molar-refractivity contribution in [2.75, 3.05) is 38.1 Å². The van der Waals surface area contributed by atoms with E-state index in [0.717, 1.165) is 58.7 Å². The molecule has 1 amide bonds. The van der Waals surface area contributed by atoms with Gasteiger partial charge in [-0.1, -0.05) is 11.8 Å². The quantitative estimate of drug-likeness (QED) is 0.303. The summed E-state index contributed by atoms with van der Waals surface area (Å²) in [5.41, 5.74) is 7.23. The van der Waals surface area contributed by atoms with Crippen LogP contribution < -0.4 is 10.1 Å². The fraction of sp³-hybridized carbons (Fsp3) is 0.382. The monoisotopic (exact) mass is 597 g/mol. The third-order valence-corrected chi connectivity index (χ3v) is 9.42. The molecule has 3 aliphatic rings. The molecule has 3 aliphatic heterocycles. The zero-order chi connectivity index (χ0) is 29.9. The van der Waals surface area contributed by atoms with Gasteiger partial charge in [0, 0.05) is 60.9 Å². The molecule has 43 heavy (non-hydrogen) atoms. The number of nitrogens with one attached hydrogen (secondary N) is 1. The van der Waals surface area contributed by atoms with Crippen LogP contribution in [0.3, 0.4) is 0 Å². The fourth-order valence-corrected chi connectivity index (χ4v) is 7.04. The number of pyridine rings is 1. The molecule has 0 bridgehead atoms. The number of rotatable bonds is 6. The van der Waals surface area contributed by atoms with Gasteiger partial charge in [0.05, 0.1) is 28.4 Å². The summed E-state index contributed by atoms with van der Waals surface area (Å²) in [6, 6.07) is 12.0. The van der Waals surface area contributed by atoms with Crippen LogP contribution in [0.5, 0.6) is 11.5 Å². The molecule has 2 N–H and O–H groups in total. The average molecular weight is 598 g/mol. The molecule has 0 radical (unpaired) electrons. The molecule has 9 heteroatoms. The van der Waals surface area contributed by atoms with Crippen LogP contribution >= 0.6 is 11.8 Å². The van der Waals surface area contributed by atoms with Crippen molar-refractivity contribution in [3.63, 3.8) is 0 Å². The summed E-state index contributed by atoms with van der Waals surface area (Å²) < 4.78 is 8.05. The molecule has 5 heterocycles. The first-order valence-electron chi connectivity index (χ1n) is 15.1. The Hall–Kier alpha value is -3.91. The third-order valence-electron chi connectivity index (χ3n) is 8.51. The standard InChI is InChI=1S/C34H39N5O3S/c1-4-42-31-20-24(34(41)39-15-11-26(12-16-39)38-13-5-6-14-38)9-10-27(31)36-32-21-29-25(22-35-32)18-23(2)19-30(40)33-28(37(29)3)8-7-17-43-33/h8-10,17-22,26,40H,4-6,11-16H2,1-3H3,(H,35,36). The molecule has 1 aromatic carbocycles. The Morgan fingerprint density at radius 1 is 1.14 bits per heavy atom. The third kappa shape index (κ3) is 6.25. The molecule has 6 rings (SSSR count). The van der Waals surface area contributed by atoms with Gasteiger partial charge in [-0.25, -0.2) is 4.98 Å². The van der Waals surface area contributed by atoms with E-state index in [9.17, 15) is 9.90 Å². The first kappa shape index (κ1) is 29.2. The van der Waals surface area contributed by atoms with Crippen LogP contribution in [-0.2, 0) is 7.05 Å². The zero-order valence-electron chi connectivity index (χ0n) is 25.1. The van der Waals surface area contributed by atoms with E-state index in [1.165, 1.54) is 37.7 Å². The van der Waals surface area contributed by atoms with Crippen molar-refractivity contribution >= 4 is 46.2 Å². The van der Waals surface area contributed by atoms with Crippen molar-refractivity contribution in [3.05, 3.63) is 70.6 Å². The van der Waals surface area contributed by atoms with Crippen LogP contribution in [0.4, 0.5) is 11.5 Å². The van der Waals surface area contributed by atoms with E-state index in [1.807, 2.05) is 78.4 Å². The van der Waals surface area contributed by atoms with E-state index < -0.39 is 0 Å². The minimum Gasteiger partial charge on any atom is -0.507 e. The number of carbonyl (C=O) groups is 1. The molecular formula is C34H39N5O3S. The number of piperidine rings is 1. The van der Waals surface area contributed by atoms with E-state index >= 15 is 0 Å². The predicted octanol–water partition coefficient (Wildman–Crippen LogP) is 6.79. The summed E-state index contributed by atoms with van der Waals surface area (Å²) in [5, 5.41) is 17.0. The lowest BCUT2D eigenvalue weighted by Gasteiger charge is -2.36. The predicted molar refractivity (Wildman–Crippen MR) is 174 cm³/mol. The van der Waals surface area contributed by atoms with E-state index in [4.69, 9.17) is 9.72 Å². The van der Waals surface area contributed by atoms with Gasteiger partial charge in [0.25, 0.3) is 5.91 Å². The zero-order valence-corrected chi connectivity index (χ0v) is 25.9. The van der Waals surface area contributed by atoms with Crippen molar-refractivity contribution in [2.24, 2.45) is 7.05 Å². The van der Waals surface area contributed by atoms with Crippen LogP contribution in [0.15, 0.2) is 58.6 Å². The minimum atomic E-state index is 0.0554. The molecule has 0 atom stereocenters. The first-order valence-corrected chi connectivity index (χ1v) is 16.0. The van der Waals surface area contributed by atoms with E-state index in [0.29, 0.717) is 29.8 Å². The SMILES string of the molecule is CCOc1cc(C(=O)N2CCC(N3CCCC3)CC2)ccc1Nc1cc2c(cn1)cc(C)cc(O)c1c(n2C)C=C=CS1. The number of anilines is 2. The molecule has 2 saturated heterocycles. The van der Waals surface area contributed by atoms with Gasteiger partial charge in [-0.15, -0.1) is 5.73 Å². The van der Waals surface area contributed by atoms with Crippen molar-refractivity contribution in [2.45, 2.75) is 50.5 Å². The first-order chi connectivity index (χ1) is 20.9.